The lowest BCUT2D eigenvalue weighted by atomic mass is 9.82. The SMILES string of the molecule is CC(C)N(C(C)C)P(OCCC#N)O[C@H]1[C@@H](c2ccccc2)SSC1(c1ccccc1)c1ccccc1. The summed E-state index contributed by atoms with van der Waals surface area (Å²) in [5.74, 6) is 0. The summed E-state index contributed by atoms with van der Waals surface area (Å²) in [6, 6.07) is 34.8. The molecule has 3 atom stereocenters. The number of nitrogens with zero attached hydrogens (tertiary/aromatic N) is 2. The highest BCUT2D eigenvalue weighted by atomic mass is 33.1. The molecule has 37 heavy (non-hydrogen) atoms. The minimum atomic E-state index is -1.43. The predicted octanol–water partition coefficient (Wildman–Crippen LogP) is 8.73. The van der Waals surface area contributed by atoms with Crippen molar-refractivity contribution >= 4 is 30.1 Å². The van der Waals surface area contributed by atoms with Crippen LogP contribution in [0.2, 0.25) is 0 Å². The van der Waals surface area contributed by atoms with Crippen LogP contribution in [0, 0.1) is 11.3 Å². The third-order valence-corrected chi connectivity index (χ3v) is 12.0. The maximum Gasteiger partial charge on any atom is 0.259 e. The Labute approximate surface area is 231 Å². The van der Waals surface area contributed by atoms with Gasteiger partial charge in [0.25, 0.3) is 8.53 Å². The average Bonchev–Trinajstić information content (AvgIpc) is 3.29. The van der Waals surface area contributed by atoms with Crippen LogP contribution in [-0.2, 0) is 13.8 Å². The number of rotatable bonds is 11. The van der Waals surface area contributed by atoms with Crippen molar-refractivity contribution in [3.05, 3.63) is 108 Å². The molecule has 3 aromatic carbocycles. The van der Waals surface area contributed by atoms with Crippen molar-refractivity contribution in [2.45, 2.75) is 62.3 Å². The van der Waals surface area contributed by atoms with E-state index in [4.69, 9.17) is 9.05 Å². The molecule has 7 heteroatoms. The monoisotopic (exact) mass is 550 g/mol. The van der Waals surface area contributed by atoms with E-state index in [1.165, 1.54) is 16.7 Å². The normalized spacial score (nSPS) is 19.8. The minimum absolute atomic E-state index is 0.0948. The first-order chi connectivity index (χ1) is 18.0. The van der Waals surface area contributed by atoms with Gasteiger partial charge in [0.05, 0.1) is 24.3 Å². The Hall–Kier alpha value is -1.84. The van der Waals surface area contributed by atoms with Crippen molar-refractivity contribution in [2.75, 3.05) is 6.61 Å². The molecule has 1 fully saturated rings. The Morgan fingerprint density at radius 1 is 0.865 bits per heavy atom. The smallest absolute Gasteiger partial charge is 0.259 e. The summed E-state index contributed by atoms with van der Waals surface area (Å²) in [6.45, 7) is 9.08. The quantitative estimate of drug-likeness (QED) is 0.135. The second-order valence-electron chi connectivity index (χ2n) is 9.55. The molecule has 0 aromatic heterocycles. The van der Waals surface area contributed by atoms with E-state index in [0.717, 1.165) is 0 Å². The summed E-state index contributed by atoms with van der Waals surface area (Å²) in [7, 11) is 2.33. The molecular weight excluding hydrogens is 515 g/mol. The Balaban J connectivity index is 1.86. The zero-order valence-electron chi connectivity index (χ0n) is 21.9. The van der Waals surface area contributed by atoms with E-state index in [1.807, 2.05) is 21.6 Å². The molecular formula is C30H35N2O2PS2. The summed E-state index contributed by atoms with van der Waals surface area (Å²) >= 11 is 0. The highest BCUT2D eigenvalue weighted by Gasteiger charge is 2.55. The highest BCUT2D eigenvalue weighted by Crippen LogP contribution is 2.68. The van der Waals surface area contributed by atoms with Gasteiger partial charge in [-0.1, -0.05) is 113 Å². The van der Waals surface area contributed by atoms with Crippen LogP contribution in [0.3, 0.4) is 0 Å². The zero-order valence-corrected chi connectivity index (χ0v) is 24.4. The Morgan fingerprint density at radius 2 is 1.38 bits per heavy atom. The summed E-state index contributed by atoms with van der Waals surface area (Å²) < 4.78 is 15.5. The highest BCUT2D eigenvalue weighted by molar-refractivity contribution is 8.77. The van der Waals surface area contributed by atoms with Gasteiger partial charge in [-0.05, 0) is 44.4 Å². The van der Waals surface area contributed by atoms with E-state index in [9.17, 15) is 5.26 Å². The van der Waals surface area contributed by atoms with E-state index < -0.39 is 13.3 Å². The van der Waals surface area contributed by atoms with Gasteiger partial charge < -0.3 is 9.05 Å². The van der Waals surface area contributed by atoms with E-state index in [-0.39, 0.29) is 23.4 Å². The first-order valence-corrected chi connectivity index (χ1v) is 16.1. The van der Waals surface area contributed by atoms with Crippen LogP contribution >= 0.6 is 30.1 Å². The van der Waals surface area contributed by atoms with Crippen molar-refractivity contribution < 1.29 is 9.05 Å². The molecule has 0 saturated carbocycles. The van der Waals surface area contributed by atoms with Gasteiger partial charge in [0, 0.05) is 12.1 Å². The summed E-state index contributed by atoms with van der Waals surface area (Å²) in [4.78, 5) is 0. The second-order valence-corrected chi connectivity index (χ2v) is 13.5. The number of hydrogen-bond donors (Lipinski definition) is 0. The summed E-state index contributed by atoms with van der Waals surface area (Å²) in [6.07, 6.45) is 0.133. The third kappa shape index (κ3) is 6.25. The van der Waals surface area contributed by atoms with Gasteiger partial charge in [-0.3, -0.25) is 0 Å². The molecule has 194 valence electrons. The number of nitriles is 1. The molecule has 0 N–H and O–H groups in total. The maximum atomic E-state index is 9.21. The molecule has 4 rings (SSSR count). The predicted molar refractivity (Wildman–Crippen MR) is 158 cm³/mol. The third-order valence-electron chi connectivity index (χ3n) is 6.36. The lowest BCUT2D eigenvalue weighted by Crippen LogP contribution is -2.41. The Morgan fingerprint density at radius 3 is 1.86 bits per heavy atom. The molecule has 0 amide bonds. The molecule has 0 aliphatic carbocycles. The maximum absolute atomic E-state index is 9.21. The molecule has 0 spiro atoms. The molecule has 1 saturated heterocycles. The van der Waals surface area contributed by atoms with Crippen LogP contribution < -0.4 is 0 Å². The lowest BCUT2D eigenvalue weighted by Gasteiger charge is -2.42. The zero-order chi connectivity index (χ0) is 26.3. The van der Waals surface area contributed by atoms with Crippen molar-refractivity contribution in [3.8, 4) is 6.07 Å². The fourth-order valence-corrected chi connectivity index (χ4v) is 10.7. The minimum Gasteiger partial charge on any atom is -0.321 e. The van der Waals surface area contributed by atoms with Crippen LogP contribution in [-0.4, -0.2) is 29.5 Å². The second kappa shape index (κ2) is 13.3. The molecule has 1 unspecified atom stereocenters. The topological polar surface area (TPSA) is 45.5 Å². The molecule has 3 aromatic rings. The largest absolute Gasteiger partial charge is 0.321 e. The van der Waals surface area contributed by atoms with Crippen LogP contribution in [0.1, 0.15) is 56.1 Å². The first-order valence-electron chi connectivity index (χ1n) is 12.7. The van der Waals surface area contributed by atoms with Gasteiger partial charge in [0.15, 0.2) is 0 Å². The molecule has 0 bridgehead atoms. The van der Waals surface area contributed by atoms with Gasteiger partial charge in [-0.15, -0.1) is 0 Å². The fourth-order valence-electron chi connectivity index (χ4n) is 4.80. The van der Waals surface area contributed by atoms with Gasteiger partial charge in [0.2, 0.25) is 0 Å². The molecule has 1 heterocycles. The van der Waals surface area contributed by atoms with Gasteiger partial charge in [-0.2, -0.15) is 5.26 Å². The van der Waals surface area contributed by atoms with Crippen molar-refractivity contribution in [1.29, 1.82) is 5.26 Å². The molecule has 1 aliphatic rings. The van der Waals surface area contributed by atoms with Crippen LogP contribution in [0.15, 0.2) is 91.0 Å². The summed E-state index contributed by atoms with van der Waals surface area (Å²) in [5, 5.41) is 9.30. The van der Waals surface area contributed by atoms with Gasteiger partial charge >= 0.3 is 0 Å². The summed E-state index contributed by atoms with van der Waals surface area (Å²) in [5.41, 5.74) is 3.68. The average molecular weight is 551 g/mol. The van der Waals surface area contributed by atoms with E-state index in [1.54, 1.807) is 0 Å². The van der Waals surface area contributed by atoms with E-state index in [0.29, 0.717) is 13.0 Å². The van der Waals surface area contributed by atoms with Crippen molar-refractivity contribution in [2.24, 2.45) is 0 Å². The lowest BCUT2D eigenvalue weighted by molar-refractivity contribution is 0.115. The van der Waals surface area contributed by atoms with Crippen molar-refractivity contribution in [1.82, 2.24) is 4.67 Å². The molecule has 0 radical (unpaired) electrons. The van der Waals surface area contributed by atoms with E-state index in [2.05, 4.69) is 129 Å². The van der Waals surface area contributed by atoms with Crippen LogP contribution in [0.4, 0.5) is 0 Å². The van der Waals surface area contributed by atoms with Crippen LogP contribution in [0.5, 0.6) is 0 Å². The van der Waals surface area contributed by atoms with Crippen molar-refractivity contribution in [3.63, 3.8) is 0 Å². The van der Waals surface area contributed by atoms with E-state index >= 15 is 0 Å². The van der Waals surface area contributed by atoms with Gasteiger partial charge in [0.1, 0.15) is 10.9 Å². The molecule has 1 aliphatic heterocycles. The number of hydrogen-bond acceptors (Lipinski definition) is 6. The Kier molecular flexibility index (Phi) is 10.1. The number of benzene rings is 3. The first kappa shape index (κ1) is 28.2. The van der Waals surface area contributed by atoms with Crippen LogP contribution in [0.25, 0.3) is 0 Å². The standard InChI is InChI=1S/C30H35N2O2PS2/c1-23(2)32(24(3)4)35(33-22-14-21-31)34-29-28(25-15-8-5-9-16-25)36-37-30(29,26-17-10-6-11-18-26)27-19-12-7-13-20-27/h5-13,15-20,23-24,28-29H,14,22H2,1-4H3/t28-,29+,35?/m1/s1. The Bertz CT molecular complexity index is 1100. The molecule has 4 nitrogen and oxygen atoms in total. The fraction of sp³-hybridized carbons (Fsp3) is 0.367. The van der Waals surface area contributed by atoms with Gasteiger partial charge in [-0.25, -0.2) is 4.67 Å².